The maximum atomic E-state index is 9.56. The highest BCUT2D eigenvalue weighted by atomic mass is 16.3. The van der Waals surface area contributed by atoms with Crippen LogP contribution in [0.3, 0.4) is 0 Å². The third kappa shape index (κ3) is 1.26. The molecule has 1 aliphatic rings. The van der Waals surface area contributed by atoms with Crippen molar-refractivity contribution in [3.8, 4) is 0 Å². The molecule has 0 saturated heterocycles. The zero-order valence-corrected chi connectivity index (χ0v) is 6.49. The first-order valence-corrected chi connectivity index (χ1v) is 3.76. The summed E-state index contributed by atoms with van der Waals surface area (Å²) in [6.07, 6.45) is 4.23. The number of hydrogen-bond acceptors (Lipinski definition) is 3. The van der Waals surface area contributed by atoms with Crippen LogP contribution in [0.15, 0.2) is 6.20 Å². The van der Waals surface area contributed by atoms with Gasteiger partial charge in [0.25, 0.3) is 0 Å². The Hall–Kier alpha value is -0.900. The SMILES string of the molecule is Cn1nncc1CC1(O)CC1. The average Bonchev–Trinajstić information content (AvgIpc) is 2.54. The molecule has 1 heterocycles. The van der Waals surface area contributed by atoms with Gasteiger partial charge < -0.3 is 5.11 Å². The predicted octanol–water partition coefficient (Wildman–Crippen LogP) is -0.118. The van der Waals surface area contributed by atoms with E-state index in [1.807, 2.05) is 7.05 Å². The van der Waals surface area contributed by atoms with E-state index >= 15 is 0 Å². The summed E-state index contributed by atoms with van der Waals surface area (Å²) < 4.78 is 1.70. The van der Waals surface area contributed by atoms with Crippen molar-refractivity contribution in [3.63, 3.8) is 0 Å². The van der Waals surface area contributed by atoms with Gasteiger partial charge in [-0.05, 0) is 12.8 Å². The van der Waals surface area contributed by atoms with Gasteiger partial charge in [0.15, 0.2) is 0 Å². The molecule has 4 heteroatoms. The molecule has 60 valence electrons. The van der Waals surface area contributed by atoms with Crippen LogP contribution >= 0.6 is 0 Å². The highest BCUT2D eigenvalue weighted by Crippen LogP contribution is 2.37. The molecule has 1 aromatic rings. The van der Waals surface area contributed by atoms with Crippen molar-refractivity contribution in [2.75, 3.05) is 0 Å². The molecule has 0 unspecified atom stereocenters. The van der Waals surface area contributed by atoms with E-state index in [0.29, 0.717) is 6.42 Å². The van der Waals surface area contributed by atoms with Crippen LogP contribution < -0.4 is 0 Å². The van der Waals surface area contributed by atoms with E-state index in [2.05, 4.69) is 10.3 Å². The summed E-state index contributed by atoms with van der Waals surface area (Å²) in [6.45, 7) is 0. The zero-order chi connectivity index (χ0) is 7.90. The molecular formula is C7H11N3O. The molecule has 0 aromatic carbocycles. The normalized spacial score (nSPS) is 20.2. The van der Waals surface area contributed by atoms with Gasteiger partial charge in [-0.25, -0.2) is 0 Å². The van der Waals surface area contributed by atoms with Crippen molar-refractivity contribution in [1.82, 2.24) is 15.0 Å². The molecular weight excluding hydrogens is 142 g/mol. The fraction of sp³-hybridized carbons (Fsp3) is 0.714. The van der Waals surface area contributed by atoms with Crippen LogP contribution in [0.5, 0.6) is 0 Å². The van der Waals surface area contributed by atoms with Gasteiger partial charge in [0.2, 0.25) is 0 Å². The van der Waals surface area contributed by atoms with Gasteiger partial charge in [-0.1, -0.05) is 5.21 Å². The minimum absolute atomic E-state index is 0.435. The van der Waals surface area contributed by atoms with Gasteiger partial charge in [0.1, 0.15) is 0 Å². The molecule has 0 radical (unpaired) electrons. The fourth-order valence-electron chi connectivity index (χ4n) is 1.13. The van der Waals surface area contributed by atoms with E-state index in [1.54, 1.807) is 10.9 Å². The molecule has 0 bridgehead atoms. The lowest BCUT2D eigenvalue weighted by Gasteiger charge is -2.05. The number of aliphatic hydroxyl groups is 1. The van der Waals surface area contributed by atoms with Crippen molar-refractivity contribution < 1.29 is 5.11 Å². The first kappa shape index (κ1) is 6.79. The van der Waals surface area contributed by atoms with Gasteiger partial charge in [-0.2, -0.15) is 0 Å². The molecule has 0 amide bonds. The largest absolute Gasteiger partial charge is 0.389 e. The summed E-state index contributed by atoms with van der Waals surface area (Å²) in [4.78, 5) is 0. The maximum absolute atomic E-state index is 9.56. The van der Waals surface area contributed by atoms with E-state index < -0.39 is 5.60 Å². The van der Waals surface area contributed by atoms with E-state index in [9.17, 15) is 5.11 Å². The van der Waals surface area contributed by atoms with Crippen LogP contribution in [-0.4, -0.2) is 25.7 Å². The van der Waals surface area contributed by atoms with E-state index in [-0.39, 0.29) is 0 Å². The molecule has 0 spiro atoms. The highest BCUT2D eigenvalue weighted by molar-refractivity contribution is 5.06. The Morgan fingerprint density at radius 3 is 2.91 bits per heavy atom. The van der Waals surface area contributed by atoms with Crippen LogP contribution in [-0.2, 0) is 13.5 Å². The lowest BCUT2D eigenvalue weighted by Crippen LogP contribution is -2.13. The smallest absolute Gasteiger partial charge is 0.0726 e. The first-order valence-electron chi connectivity index (χ1n) is 3.76. The van der Waals surface area contributed by atoms with Crippen molar-refractivity contribution in [2.45, 2.75) is 24.9 Å². The minimum Gasteiger partial charge on any atom is -0.389 e. The lowest BCUT2D eigenvalue weighted by molar-refractivity contribution is 0.148. The third-order valence-corrected chi connectivity index (χ3v) is 2.15. The number of hydrogen-bond donors (Lipinski definition) is 1. The number of rotatable bonds is 2. The molecule has 0 aliphatic heterocycles. The van der Waals surface area contributed by atoms with Crippen molar-refractivity contribution in [1.29, 1.82) is 0 Å². The second kappa shape index (κ2) is 2.04. The summed E-state index contributed by atoms with van der Waals surface area (Å²) in [6, 6.07) is 0. The zero-order valence-electron chi connectivity index (χ0n) is 6.49. The monoisotopic (exact) mass is 153 g/mol. The standard InChI is InChI=1S/C7H11N3O/c1-10-6(5-8-9-10)4-7(11)2-3-7/h5,11H,2-4H2,1H3. The molecule has 0 atom stereocenters. The van der Waals surface area contributed by atoms with E-state index in [4.69, 9.17) is 0 Å². The average molecular weight is 153 g/mol. The molecule has 1 N–H and O–H groups in total. The van der Waals surface area contributed by atoms with Crippen molar-refractivity contribution in [2.24, 2.45) is 7.05 Å². The molecule has 1 aromatic heterocycles. The molecule has 11 heavy (non-hydrogen) atoms. The van der Waals surface area contributed by atoms with Crippen LogP contribution in [0.1, 0.15) is 18.5 Å². The second-order valence-corrected chi connectivity index (χ2v) is 3.25. The molecule has 1 fully saturated rings. The van der Waals surface area contributed by atoms with Gasteiger partial charge in [-0.3, -0.25) is 4.68 Å². The minimum atomic E-state index is -0.435. The van der Waals surface area contributed by atoms with Crippen LogP contribution in [0.25, 0.3) is 0 Å². The van der Waals surface area contributed by atoms with E-state index in [1.165, 1.54) is 0 Å². The van der Waals surface area contributed by atoms with Gasteiger partial charge in [0, 0.05) is 13.5 Å². The fourth-order valence-corrected chi connectivity index (χ4v) is 1.13. The Morgan fingerprint density at radius 2 is 2.45 bits per heavy atom. The molecule has 4 nitrogen and oxygen atoms in total. The molecule has 1 aliphatic carbocycles. The van der Waals surface area contributed by atoms with Gasteiger partial charge in [0.05, 0.1) is 17.5 Å². The molecule has 1 saturated carbocycles. The Bertz CT molecular complexity index is 264. The summed E-state index contributed by atoms with van der Waals surface area (Å²) >= 11 is 0. The quantitative estimate of drug-likeness (QED) is 0.644. The lowest BCUT2D eigenvalue weighted by atomic mass is 10.2. The van der Waals surface area contributed by atoms with E-state index in [0.717, 1.165) is 18.5 Å². The number of nitrogens with zero attached hydrogens (tertiary/aromatic N) is 3. The van der Waals surface area contributed by atoms with Gasteiger partial charge in [-0.15, -0.1) is 5.10 Å². The van der Waals surface area contributed by atoms with Crippen LogP contribution in [0, 0.1) is 0 Å². The molecule has 2 rings (SSSR count). The third-order valence-electron chi connectivity index (χ3n) is 2.15. The predicted molar refractivity (Wildman–Crippen MR) is 38.9 cm³/mol. The van der Waals surface area contributed by atoms with Crippen LogP contribution in [0.2, 0.25) is 0 Å². The summed E-state index contributed by atoms with van der Waals surface area (Å²) in [5.74, 6) is 0. The summed E-state index contributed by atoms with van der Waals surface area (Å²) in [7, 11) is 1.84. The summed E-state index contributed by atoms with van der Waals surface area (Å²) in [5, 5.41) is 17.1. The maximum Gasteiger partial charge on any atom is 0.0726 e. The highest BCUT2D eigenvalue weighted by Gasteiger charge is 2.40. The summed E-state index contributed by atoms with van der Waals surface area (Å²) in [5.41, 5.74) is 0.570. The first-order chi connectivity index (χ1) is 5.20. The van der Waals surface area contributed by atoms with Crippen LogP contribution in [0.4, 0.5) is 0 Å². The Kier molecular flexibility index (Phi) is 1.26. The second-order valence-electron chi connectivity index (χ2n) is 3.25. The topological polar surface area (TPSA) is 50.9 Å². The Balaban J connectivity index is 2.12. The number of aryl methyl sites for hydroxylation is 1. The Morgan fingerprint density at radius 1 is 1.73 bits per heavy atom. The van der Waals surface area contributed by atoms with Gasteiger partial charge >= 0.3 is 0 Å². The van der Waals surface area contributed by atoms with Crippen molar-refractivity contribution in [3.05, 3.63) is 11.9 Å². The number of aromatic nitrogens is 3. The van der Waals surface area contributed by atoms with Crippen molar-refractivity contribution >= 4 is 0 Å². The Labute approximate surface area is 64.8 Å².